The fourth-order valence-electron chi connectivity index (χ4n) is 3.88. The van der Waals surface area contributed by atoms with Gasteiger partial charge in [0.05, 0.1) is 12.0 Å². The van der Waals surface area contributed by atoms with Crippen LogP contribution in [0, 0.1) is 5.82 Å². The fourth-order valence-corrected chi connectivity index (χ4v) is 3.88. The number of H-pyrrole nitrogens is 1. The van der Waals surface area contributed by atoms with E-state index >= 15 is 0 Å². The van der Waals surface area contributed by atoms with Gasteiger partial charge >= 0.3 is 0 Å². The number of imidazole rings is 2. The van der Waals surface area contributed by atoms with Crippen LogP contribution >= 0.6 is 0 Å². The van der Waals surface area contributed by atoms with Crippen LogP contribution in [0.3, 0.4) is 0 Å². The SMILES string of the molecule is CN1CCN(c2ccc(-n3ccnc3-c3[nH]cnc3-c3ccc(F)cc3)cc2)CC1. The van der Waals surface area contributed by atoms with E-state index in [0.717, 1.165) is 54.6 Å². The van der Waals surface area contributed by atoms with E-state index in [9.17, 15) is 4.39 Å². The third-order valence-corrected chi connectivity index (χ3v) is 5.62. The van der Waals surface area contributed by atoms with Gasteiger partial charge in [0, 0.05) is 55.5 Å². The van der Waals surface area contributed by atoms with E-state index in [1.165, 1.54) is 17.8 Å². The van der Waals surface area contributed by atoms with Crippen molar-refractivity contribution in [3.05, 3.63) is 73.1 Å². The van der Waals surface area contributed by atoms with E-state index in [1.54, 1.807) is 24.7 Å². The van der Waals surface area contributed by atoms with Crippen LogP contribution in [0.1, 0.15) is 0 Å². The minimum absolute atomic E-state index is 0.266. The highest BCUT2D eigenvalue weighted by molar-refractivity contribution is 5.75. The molecule has 0 bridgehead atoms. The summed E-state index contributed by atoms with van der Waals surface area (Å²) < 4.78 is 15.4. The molecule has 6 nitrogen and oxygen atoms in total. The van der Waals surface area contributed by atoms with Crippen LogP contribution in [0.15, 0.2) is 67.3 Å². The van der Waals surface area contributed by atoms with E-state index in [1.807, 2.05) is 10.8 Å². The molecule has 0 spiro atoms. The van der Waals surface area contributed by atoms with Gasteiger partial charge in [-0.1, -0.05) is 0 Å². The van der Waals surface area contributed by atoms with Crippen molar-refractivity contribution >= 4 is 5.69 Å². The molecule has 1 aliphatic heterocycles. The summed E-state index contributed by atoms with van der Waals surface area (Å²) in [5, 5.41) is 0. The van der Waals surface area contributed by atoms with Gasteiger partial charge in [-0.15, -0.1) is 0 Å². The van der Waals surface area contributed by atoms with Gasteiger partial charge in [0.1, 0.15) is 11.5 Å². The molecule has 4 aromatic rings. The number of nitrogens with zero attached hydrogens (tertiary/aromatic N) is 5. The average Bonchev–Trinajstić information content (AvgIpc) is 3.44. The Morgan fingerprint density at radius 1 is 0.867 bits per heavy atom. The maximum absolute atomic E-state index is 13.3. The fraction of sp³-hybridized carbons (Fsp3) is 0.217. The molecule has 0 aliphatic carbocycles. The zero-order valence-corrected chi connectivity index (χ0v) is 16.8. The Morgan fingerprint density at radius 3 is 2.30 bits per heavy atom. The van der Waals surface area contributed by atoms with E-state index in [-0.39, 0.29) is 5.82 Å². The van der Waals surface area contributed by atoms with Crippen LogP contribution in [0.5, 0.6) is 0 Å². The number of aromatic nitrogens is 4. The third kappa shape index (κ3) is 3.48. The molecule has 2 aromatic carbocycles. The van der Waals surface area contributed by atoms with Crippen LogP contribution in [0.25, 0.3) is 28.5 Å². The number of piperazine rings is 1. The van der Waals surface area contributed by atoms with Crippen molar-refractivity contribution in [3.63, 3.8) is 0 Å². The molecule has 1 saturated heterocycles. The molecule has 30 heavy (non-hydrogen) atoms. The van der Waals surface area contributed by atoms with Gasteiger partial charge in [-0.2, -0.15) is 0 Å². The minimum atomic E-state index is -0.266. The first kappa shape index (κ1) is 18.6. The van der Waals surface area contributed by atoms with Crippen LogP contribution in [-0.4, -0.2) is 57.6 Å². The summed E-state index contributed by atoms with van der Waals surface area (Å²) in [6, 6.07) is 14.9. The second-order valence-electron chi connectivity index (χ2n) is 7.56. The Morgan fingerprint density at radius 2 is 1.57 bits per heavy atom. The van der Waals surface area contributed by atoms with Gasteiger partial charge in [0.25, 0.3) is 0 Å². The molecule has 7 heteroatoms. The summed E-state index contributed by atoms with van der Waals surface area (Å²) in [5.74, 6) is 0.497. The van der Waals surface area contributed by atoms with E-state index < -0.39 is 0 Å². The van der Waals surface area contributed by atoms with Gasteiger partial charge in [-0.05, 0) is 55.6 Å². The predicted octanol–water partition coefficient (Wildman–Crippen LogP) is 3.82. The maximum Gasteiger partial charge on any atom is 0.163 e. The number of hydrogen-bond donors (Lipinski definition) is 1. The Kier molecular flexibility index (Phi) is 4.80. The summed E-state index contributed by atoms with van der Waals surface area (Å²) in [4.78, 5) is 17.0. The first-order chi connectivity index (χ1) is 14.7. The number of anilines is 1. The van der Waals surface area contributed by atoms with Crippen molar-refractivity contribution in [2.45, 2.75) is 0 Å². The van der Waals surface area contributed by atoms with Crippen molar-refractivity contribution in [2.75, 3.05) is 38.1 Å². The zero-order chi connectivity index (χ0) is 20.5. The molecular weight excluding hydrogens is 379 g/mol. The van der Waals surface area contributed by atoms with Crippen molar-refractivity contribution in [3.8, 4) is 28.5 Å². The molecule has 2 aromatic heterocycles. The Bertz CT molecular complexity index is 1120. The Labute approximate surface area is 174 Å². The highest BCUT2D eigenvalue weighted by Crippen LogP contribution is 2.30. The molecule has 5 rings (SSSR count). The third-order valence-electron chi connectivity index (χ3n) is 5.62. The van der Waals surface area contributed by atoms with Gasteiger partial charge in [-0.25, -0.2) is 14.4 Å². The summed E-state index contributed by atoms with van der Waals surface area (Å²) in [7, 11) is 2.16. The van der Waals surface area contributed by atoms with Crippen LogP contribution in [-0.2, 0) is 0 Å². The number of rotatable bonds is 4. The predicted molar refractivity (Wildman–Crippen MR) is 116 cm³/mol. The van der Waals surface area contributed by atoms with E-state index in [4.69, 9.17) is 0 Å². The average molecular weight is 402 g/mol. The van der Waals surface area contributed by atoms with Crippen molar-refractivity contribution in [2.24, 2.45) is 0 Å². The quantitative estimate of drug-likeness (QED) is 0.564. The second kappa shape index (κ2) is 7.76. The lowest BCUT2D eigenvalue weighted by Gasteiger charge is -2.34. The van der Waals surface area contributed by atoms with Crippen molar-refractivity contribution in [1.82, 2.24) is 24.4 Å². The number of nitrogens with one attached hydrogen (secondary N) is 1. The van der Waals surface area contributed by atoms with Crippen LogP contribution in [0.4, 0.5) is 10.1 Å². The first-order valence-electron chi connectivity index (χ1n) is 10.1. The largest absolute Gasteiger partial charge is 0.369 e. The number of hydrogen-bond acceptors (Lipinski definition) is 4. The summed E-state index contributed by atoms with van der Waals surface area (Å²) in [5.41, 5.74) is 4.65. The van der Waals surface area contributed by atoms with Gasteiger partial charge in [0.15, 0.2) is 5.82 Å². The lowest BCUT2D eigenvalue weighted by atomic mass is 10.1. The first-order valence-corrected chi connectivity index (χ1v) is 10.1. The molecule has 1 aliphatic rings. The molecule has 0 amide bonds. The second-order valence-corrected chi connectivity index (χ2v) is 7.56. The Balaban J connectivity index is 1.45. The highest BCUT2D eigenvalue weighted by Gasteiger charge is 2.17. The molecule has 1 N–H and O–H groups in total. The number of halogens is 1. The summed E-state index contributed by atoms with van der Waals surface area (Å²) in [6.45, 7) is 4.25. The maximum atomic E-state index is 13.3. The summed E-state index contributed by atoms with van der Waals surface area (Å²) >= 11 is 0. The van der Waals surface area contributed by atoms with Crippen molar-refractivity contribution in [1.29, 1.82) is 0 Å². The lowest BCUT2D eigenvalue weighted by Crippen LogP contribution is -2.44. The molecule has 0 atom stereocenters. The molecule has 0 saturated carbocycles. The van der Waals surface area contributed by atoms with Gasteiger partial charge in [0.2, 0.25) is 0 Å². The molecule has 0 unspecified atom stereocenters. The molecule has 0 radical (unpaired) electrons. The number of aromatic amines is 1. The minimum Gasteiger partial charge on any atom is -0.369 e. The van der Waals surface area contributed by atoms with Gasteiger partial charge < -0.3 is 14.8 Å². The van der Waals surface area contributed by atoms with E-state index in [2.05, 4.69) is 56.1 Å². The Hall–Kier alpha value is -3.45. The molecule has 3 heterocycles. The smallest absolute Gasteiger partial charge is 0.163 e. The normalized spacial score (nSPS) is 14.9. The number of likely N-dealkylation sites (N-methyl/N-ethyl adjacent to an activating group) is 1. The topological polar surface area (TPSA) is 53.0 Å². The lowest BCUT2D eigenvalue weighted by molar-refractivity contribution is 0.313. The molecule has 1 fully saturated rings. The molecule has 152 valence electrons. The number of benzene rings is 2. The zero-order valence-electron chi connectivity index (χ0n) is 16.8. The van der Waals surface area contributed by atoms with E-state index in [0.29, 0.717) is 0 Å². The van der Waals surface area contributed by atoms with Crippen LogP contribution in [0.2, 0.25) is 0 Å². The standard InChI is InChI=1S/C23H23FN6/c1-28-12-14-29(15-13-28)19-6-8-20(9-7-19)30-11-10-25-23(30)22-21(26-16-27-22)17-2-4-18(24)5-3-17/h2-11,16H,12-15H2,1H3,(H,26,27). The van der Waals surface area contributed by atoms with Crippen LogP contribution < -0.4 is 4.90 Å². The van der Waals surface area contributed by atoms with Crippen molar-refractivity contribution < 1.29 is 4.39 Å². The molecular formula is C23H23FN6. The van der Waals surface area contributed by atoms with Gasteiger partial charge in [-0.3, -0.25) is 4.57 Å². The summed E-state index contributed by atoms with van der Waals surface area (Å²) in [6.07, 6.45) is 5.36. The highest BCUT2D eigenvalue weighted by atomic mass is 19.1. The monoisotopic (exact) mass is 402 g/mol.